The fraction of sp³-hybridized carbons (Fsp3) is 0.696. The van der Waals surface area contributed by atoms with Gasteiger partial charge in [0.25, 0.3) is 5.92 Å². The number of ether oxygens (including phenoxy) is 1. The van der Waals surface area contributed by atoms with Gasteiger partial charge in [0, 0.05) is 19.1 Å². The third kappa shape index (κ3) is 5.15. The fourth-order valence-corrected chi connectivity index (χ4v) is 4.43. The van der Waals surface area contributed by atoms with Crippen LogP contribution in [0.3, 0.4) is 0 Å². The van der Waals surface area contributed by atoms with Gasteiger partial charge in [-0.15, -0.1) is 0 Å². The third-order valence-electron chi connectivity index (χ3n) is 5.99. The first-order valence-corrected chi connectivity index (χ1v) is 10.5. The van der Waals surface area contributed by atoms with Crippen molar-refractivity contribution in [2.24, 2.45) is 5.41 Å². The van der Waals surface area contributed by atoms with E-state index in [-0.39, 0.29) is 18.6 Å². The lowest BCUT2D eigenvalue weighted by molar-refractivity contribution is -0.166. The minimum absolute atomic E-state index is 0.144. The minimum atomic E-state index is -2.74. The summed E-state index contributed by atoms with van der Waals surface area (Å²) in [6.07, 6.45) is 1.24. The molecule has 2 saturated heterocycles. The Morgan fingerprint density at radius 1 is 1.14 bits per heavy atom. The molecule has 0 aliphatic carbocycles. The first-order valence-electron chi connectivity index (χ1n) is 10.5. The van der Waals surface area contributed by atoms with Crippen LogP contribution < -0.4 is 0 Å². The van der Waals surface area contributed by atoms with Crippen molar-refractivity contribution < 1.29 is 18.3 Å². The van der Waals surface area contributed by atoms with E-state index in [9.17, 15) is 13.6 Å². The Morgan fingerprint density at radius 3 is 2.41 bits per heavy atom. The molecule has 4 nitrogen and oxygen atoms in total. The van der Waals surface area contributed by atoms with Gasteiger partial charge in [0.2, 0.25) is 0 Å². The quantitative estimate of drug-likeness (QED) is 0.656. The van der Waals surface area contributed by atoms with Gasteiger partial charge in [0.15, 0.2) is 0 Å². The molecule has 6 heteroatoms. The molecule has 0 bridgehead atoms. The molecule has 162 valence electrons. The van der Waals surface area contributed by atoms with Crippen molar-refractivity contribution in [3.05, 3.63) is 35.9 Å². The van der Waals surface area contributed by atoms with Crippen LogP contribution in [0.4, 0.5) is 8.78 Å². The Morgan fingerprint density at radius 2 is 1.79 bits per heavy atom. The molecule has 2 heterocycles. The van der Waals surface area contributed by atoms with Crippen LogP contribution in [0.25, 0.3) is 0 Å². The van der Waals surface area contributed by atoms with Crippen LogP contribution in [-0.2, 0) is 16.1 Å². The number of alkyl halides is 2. The summed E-state index contributed by atoms with van der Waals surface area (Å²) in [7, 11) is 0. The van der Waals surface area contributed by atoms with E-state index in [0.29, 0.717) is 26.1 Å². The number of fused-ring (bicyclic) bond motifs is 1. The molecule has 3 rings (SSSR count). The van der Waals surface area contributed by atoms with Gasteiger partial charge in [0.1, 0.15) is 5.60 Å². The van der Waals surface area contributed by atoms with Crippen molar-refractivity contribution in [2.75, 3.05) is 19.6 Å². The largest absolute Gasteiger partial charge is 0.460 e. The smallest absolute Gasteiger partial charge is 0.312 e. The van der Waals surface area contributed by atoms with E-state index in [4.69, 9.17) is 4.74 Å². The third-order valence-corrected chi connectivity index (χ3v) is 5.99. The average Bonchev–Trinajstić information content (AvgIpc) is 3.13. The Hall–Kier alpha value is -1.53. The molecule has 0 unspecified atom stereocenters. The molecular weight excluding hydrogens is 374 g/mol. The lowest BCUT2D eigenvalue weighted by Crippen LogP contribution is -2.46. The second-order valence-electron chi connectivity index (χ2n) is 10.1. The zero-order valence-corrected chi connectivity index (χ0v) is 18.3. The molecule has 0 aromatic heterocycles. The predicted molar refractivity (Wildman–Crippen MR) is 110 cm³/mol. The SMILES string of the molecule is CC(C)(C)OC(=O)C(C)(C)CCN1CC[C@H]2[C@@H]1C(F)(F)CN2Cc1ccccc1. The zero-order chi connectivity index (χ0) is 21.4. The molecular formula is C23H34F2N2O2. The van der Waals surface area contributed by atoms with E-state index < -0.39 is 23.0 Å². The number of halogens is 2. The summed E-state index contributed by atoms with van der Waals surface area (Å²) >= 11 is 0. The van der Waals surface area contributed by atoms with E-state index in [1.165, 1.54) is 0 Å². The molecule has 0 spiro atoms. The van der Waals surface area contributed by atoms with E-state index in [1.54, 1.807) is 0 Å². The van der Waals surface area contributed by atoms with Gasteiger partial charge in [-0.3, -0.25) is 14.6 Å². The molecule has 0 radical (unpaired) electrons. The number of carbonyl (C=O) groups excluding carboxylic acids is 1. The van der Waals surface area contributed by atoms with Gasteiger partial charge < -0.3 is 4.74 Å². The summed E-state index contributed by atoms with van der Waals surface area (Å²) in [6.45, 7) is 10.7. The van der Waals surface area contributed by atoms with Gasteiger partial charge >= 0.3 is 5.97 Å². The Bertz CT molecular complexity index is 715. The van der Waals surface area contributed by atoms with Crippen molar-refractivity contribution in [1.29, 1.82) is 0 Å². The topological polar surface area (TPSA) is 32.8 Å². The van der Waals surface area contributed by atoms with Crippen LogP contribution in [0, 0.1) is 5.41 Å². The van der Waals surface area contributed by atoms with Crippen LogP contribution in [0.5, 0.6) is 0 Å². The van der Waals surface area contributed by atoms with Crippen LogP contribution in [0.1, 0.15) is 53.0 Å². The highest BCUT2D eigenvalue weighted by Gasteiger charge is 2.59. The number of hydrogen-bond donors (Lipinski definition) is 0. The average molecular weight is 409 g/mol. The van der Waals surface area contributed by atoms with Crippen molar-refractivity contribution in [3.63, 3.8) is 0 Å². The number of nitrogens with zero attached hydrogens (tertiary/aromatic N) is 2. The van der Waals surface area contributed by atoms with Crippen molar-refractivity contribution in [2.45, 2.75) is 77.6 Å². The minimum Gasteiger partial charge on any atom is -0.460 e. The molecule has 2 atom stereocenters. The van der Waals surface area contributed by atoms with Crippen molar-refractivity contribution in [1.82, 2.24) is 9.80 Å². The molecule has 0 N–H and O–H groups in total. The maximum absolute atomic E-state index is 14.9. The van der Waals surface area contributed by atoms with Crippen LogP contribution in [0.2, 0.25) is 0 Å². The molecule has 0 amide bonds. The van der Waals surface area contributed by atoms with E-state index in [2.05, 4.69) is 0 Å². The standard InChI is InChI=1S/C23H34F2N2O2/c1-21(2,3)29-20(28)22(4,5)12-14-26-13-11-18-19(26)23(24,25)16-27(18)15-17-9-7-6-8-10-17/h6-10,18-19H,11-16H2,1-5H3/t18-,19+/m0/s1. The van der Waals surface area contributed by atoms with E-state index >= 15 is 0 Å². The fourth-order valence-electron chi connectivity index (χ4n) is 4.43. The summed E-state index contributed by atoms with van der Waals surface area (Å²) in [5.74, 6) is -3.02. The molecule has 1 aromatic rings. The van der Waals surface area contributed by atoms with E-state index in [1.807, 2.05) is 74.8 Å². The van der Waals surface area contributed by atoms with Gasteiger partial charge in [-0.25, -0.2) is 8.78 Å². The highest BCUT2D eigenvalue weighted by atomic mass is 19.3. The van der Waals surface area contributed by atoms with E-state index in [0.717, 1.165) is 12.0 Å². The summed E-state index contributed by atoms with van der Waals surface area (Å²) < 4.78 is 35.4. The highest BCUT2D eigenvalue weighted by Crippen LogP contribution is 2.42. The normalized spacial score (nSPS) is 25.2. The lowest BCUT2D eigenvalue weighted by atomic mass is 9.88. The number of carbonyl (C=O) groups is 1. The van der Waals surface area contributed by atoms with Crippen molar-refractivity contribution in [3.8, 4) is 0 Å². The molecule has 2 aliphatic rings. The maximum atomic E-state index is 14.9. The van der Waals surface area contributed by atoms with Crippen molar-refractivity contribution >= 4 is 5.97 Å². The van der Waals surface area contributed by atoms with Gasteiger partial charge in [-0.2, -0.15) is 0 Å². The number of hydrogen-bond acceptors (Lipinski definition) is 4. The Kier molecular flexibility index (Phi) is 6.08. The zero-order valence-electron chi connectivity index (χ0n) is 18.3. The van der Waals surface area contributed by atoms with Crippen LogP contribution >= 0.6 is 0 Å². The summed E-state index contributed by atoms with van der Waals surface area (Å²) in [4.78, 5) is 16.3. The summed E-state index contributed by atoms with van der Waals surface area (Å²) in [5, 5.41) is 0. The molecule has 29 heavy (non-hydrogen) atoms. The monoisotopic (exact) mass is 408 g/mol. The first kappa shape index (κ1) is 22.2. The Labute approximate surface area is 173 Å². The Balaban J connectivity index is 1.63. The molecule has 2 aliphatic heterocycles. The summed E-state index contributed by atoms with van der Waals surface area (Å²) in [6, 6.07) is 8.88. The number of rotatable bonds is 6. The number of likely N-dealkylation sites (tertiary alicyclic amines) is 2. The van der Waals surface area contributed by atoms with Crippen LogP contribution in [-0.4, -0.2) is 59.0 Å². The highest BCUT2D eigenvalue weighted by molar-refractivity contribution is 5.76. The summed E-state index contributed by atoms with van der Waals surface area (Å²) in [5.41, 5.74) is -0.194. The number of benzene rings is 1. The molecule has 2 fully saturated rings. The molecule has 0 saturated carbocycles. The second-order valence-corrected chi connectivity index (χ2v) is 10.1. The predicted octanol–water partition coefficient (Wildman–Crippen LogP) is 4.34. The van der Waals surface area contributed by atoms with Gasteiger partial charge in [0.05, 0.1) is 18.0 Å². The maximum Gasteiger partial charge on any atom is 0.312 e. The number of esters is 1. The van der Waals surface area contributed by atoms with Crippen LogP contribution in [0.15, 0.2) is 30.3 Å². The lowest BCUT2D eigenvalue weighted by Gasteiger charge is -2.32. The van der Waals surface area contributed by atoms with Gasteiger partial charge in [-0.1, -0.05) is 30.3 Å². The molecule has 1 aromatic carbocycles. The van der Waals surface area contributed by atoms with Gasteiger partial charge in [-0.05, 0) is 59.6 Å². The first-order chi connectivity index (χ1) is 13.4. The second kappa shape index (κ2) is 7.95.